The Bertz CT molecular complexity index is 703. The second-order valence-electron chi connectivity index (χ2n) is 6.09. The Labute approximate surface area is 138 Å². The van der Waals surface area contributed by atoms with Gasteiger partial charge >= 0.3 is 0 Å². The molecule has 5 nitrogen and oxygen atoms in total. The predicted octanol–water partition coefficient (Wildman–Crippen LogP) is 2.98. The summed E-state index contributed by atoms with van der Waals surface area (Å²) in [4.78, 5) is 14.6. The van der Waals surface area contributed by atoms with Crippen LogP contribution in [-0.2, 0) is 7.05 Å². The lowest BCUT2D eigenvalue weighted by molar-refractivity contribution is 0.0935. The van der Waals surface area contributed by atoms with Crippen molar-refractivity contribution in [2.45, 2.75) is 33.2 Å². The maximum Gasteiger partial charge on any atom is 0.251 e. The van der Waals surface area contributed by atoms with E-state index >= 15 is 0 Å². The number of nitrogens with one attached hydrogen (secondary N) is 1. The van der Waals surface area contributed by atoms with Gasteiger partial charge < -0.3 is 10.2 Å². The van der Waals surface area contributed by atoms with Crippen LogP contribution in [0.2, 0.25) is 0 Å². The second-order valence-corrected chi connectivity index (χ2v) is 6.09. The molecular formula is C18H26N4O. The van der Waals surface area contributed by atoms with Crippen molar-refractivity contribution < 1.29 is 4.79 Å². The Balaban J connectivity index is 2.25. The van der Waals surface area contributed by atoms with E-state index in [1.54, 1.807) is 0 Å². The van der Waals surface area contributed by atoms with Crippen molar-refractivity contribution in [1.29, 1.82) is 0 Å². The van der Waals surface area contributed by atoms with Gasteiger partial charge in [-0.05, 0) is 38.5 Å². The van der Waals surface area contributed by atoms with Crippen molar-refractivity contribution in [3.63, 3.8) is 0 Å². The van der Waals surface area contributed by atoms with E-state index in [-0.39, 0.29) is 11.9 Å². The van der Waals surface area contributed by atoms with Crippen LogP contribution in [-0.4, -0.2) is 29.8 Å². The minimum Gasteiger partial charge on any atom is -0.378 e. The third-order valence-corrected chi connectivity index (χ3v) is 4.25. The Hall–Kier alpha value is -2.30. The van der Waals surface area contributed by atoms with E-state index in [4.69, 9.17) is 0 Å². The van der Waals surface area contributed by atoms with Crippen molar-refractivity contribution in [3.8, 4) is 0 Å². The lowest BCUT2D eigenvalue weighted by Gasteiger charge is -2.19. The summed E-state index contributed by atoms with van der Waals surface area (Å²) in [7, 11) is 5.86. The zero-order chi connectivity index (χ0) is 17.1. The summed E-state index contributed by atoms with van der Waals surface area (Å²) in [6.07, 6.45) is 0.826. The first-order chi connectivity index (χ1) is 10.8. The SMILES string of the molecule is CC[C@@H](NC(=O)c1cccc(N(C)C)c1)c1c(C)nn(C)c1C. The zero-order valence-corrected chi connectivity index (χ0v) is 14.8. The second kappa shape index (κ2) is 6.86. The number of amides is 1. The topological polar surface area (TPSA) is 50.2 Å². The van der Waals surface area contributed by atoms with Gasteiger partial charge in [-0.1, -0.05) is 13.0 Å². The van der Waals surface area contributed by atoms with Gasteiger partial charge in [-0.3, -0.25) is 9.48 Å². The molecule has 1 N–H and O–H groups in total. The normalized spacial score (nSPS) is 12.1. The van der Waals surface area contributed by atoms with Crippen LogP contribution in [0.3, 0.4) is 0 Å². The number of carbonyl (C=O) groups excluding carboxylic acids is 1. The van der Waals surface area contributed by atoms with E-state index in [1.807, 2.05) is 68.8 Å². The summed E-state index contributed by atoms with van der Waals surface area (Å²) in [6, 6.07) is 7.62. The molecule has 0 aliphatic heterocycles. The molecule has 124 valence electrons. The molecule has 0 radical (unpaired) electrons. The van der Waals surface area contributed by atoms with Crippen LogP contribution in [0.4, 0.5) is 5.69 Å². The highest BCUT2D eigenvalue weighted by Gasteiger charge is 2.21. The van der Waals surface area contributed by atoms with E-state index in [9.17, 15) is 4.79 Å². The number of aromatic nitrogens is 2. The van der Waals surface area contributed by atoms with Crippen LogP contribution in [0, 0.1) is 13.8 Å². The zero-order valence-electron chi connectivity index (χ0n) is 14.8. The number of rotatable bonds is 5. The van der Waals surface area contributed by atoms with Crippen molar-refractivity contribution in [2.24, 2.45) is 7.05 Å². The molecule has 1 aromatic carbocycles. The largest absolute Gasteiger partial charge is 0.378 e. The first-order valence-electron chi connectivity index (χ1n) is 7.93. The van der Waals surface area contributed by atoms with E-state index in [0.717, 1.165) is 29.1 Å². The lowest BCUT2D eigenvalue weighted by atomic mass is 10.0. The average Bonchev–Trinajstić information content (AvgIpc) is 2.78. The molecule has 0 unspecified atom stereocenters. The van der Waals surface area contributed by atoms with Gasteiger partial charge in [-0.15, -0.1) is 0 Å². The molecule has 1 aromatic heterocycles. The minimum atomic E-state index is -0.0526. The maximum atomic E-state index is 12.6. The van der Waals surface area contributed by atoms with Gasteiger partial charge in [0, 0.05) is 43.7 Å². The summed E-state index contributed by atoms with van der Waals surface area (Å²) >= 11 is 0. The number of benzene rings is 1. The molecule has 5 heteroatoms. The standard InChI is InChI=1S/C18H26N4O/c1-7-16(17-12(2)20-22(6)13(17)3)19-18(23)14-9-8-10-15(11-14)21(4)5/h8-11,16H,7H2,1-6H3,(H,19,23)/t16-/m1/s1. The van der Waals surface area contributed by atoms with Gasteiger partial charge in [-0.2, -0.15) is 5.10 Å². The number of anilines is 1. The number of hydrogen-bond donors (Lipinski definition) is 1. The first kappa shape index (κ1) is 17.1. The maximum absolute atomic E-state index is 12.6. The van der Waals surface area contributed by atoms with E-state index in [1.165, 1.54) is 0 Å². The highest BCUT2D eigenvalue weighted by molar-refractivity contribution is 5.95. The van der Waals surface area contributed by atoms with Crippen LogP contribution in [0.25, 0.3) is 0 Å². The molecule has 0 aliphatic rings. The predicted molar refractivity (Wildman–Crippen MR) is 93.9 cm³/mol. The Morgan fingerprint density at radius 2 is 2.04 bits per heavy atom. The molecule has 1 atom stereocenters. The van der Waals surface area contributed by atoms with Gasteiger partial charge in [0.25, 0.3) is 5.91 Å². The smallest absolute Gasteiger partial charge is 0.251 e. The van der Waals surface area contributed by atoms with Gasteiger partial charge in [0.1, 0.15) is 0 Å². The van der Waals surface area contributed by atoms with Gasteiger partial charge in [-0.25, -0.2) is 0 Å². The molecule has 23 heavy (non-hydrogen) atoms. The van der Waals surface area contributed by atoms with Crippen LogP contribution in [0.15, 0.2) is 24.3 Å². The van der Waals surface area contributed by atoms with Crippen LogP contribution in [0.5, 0.6) is 0 Å². The van der Waals surface area contributed by atoms with Crippen LogP contribution < -0.4 is 10.2 Å². The highest BCUT2D eigenvalue weighted by Crippen LogP contribution is 2.24. The molecule has 2 aromatic rings. The third-order valence-electron chi connectivity index (χ3n) is 4.25. The Morgan fingerprint density at radius 1 is 1.35 bits per heavy atom. The number of carbonyl (C=O) groups is 1. The minimum absolute atomic E-state index is 0.0285. The number of hydrogen-bond acceptors (Lipinski definition) is 3. The molecule has 1 heterocycles. The first-order valence-corrected chi connectivity index (χ1v) is 7.93. The average molecular weight is 314 g/mol. The lowest BCUT2D eigenvalue weighted by Crippen LogP contribution is -2.29. The molecule has 0 spiro atoms. The molecule has 0 saturated carbocycles. The van der Waals surface area contributed by atoms with Crippen LogP contribution in [0.1, 0.15) is 46.7 Å². The summed E-state index contributed by atoms with van der Waals surface area (Å²) in [5.41, 5.74) is 4.87. The summed E-state index contributed by atoms with van der Waals surface area (Å²) in [5.74, 6) is -0.0526. The van der Waals surface area contributed by atoms with Gasteiger partial charge in [0.2, 0.25) is 0 Å². The van der Waals surface area contributed by atoms with Crippen molar-refractivity contribution >= 4 is 11.6 Å². The summed E-state index contributed by atoms with van der Waals surface area (Å²) in [6.45, 7) is 6.10. The molecule has 1 amide bonds. The van der Waals surface area contributed by atoms with Crippen molar-refractivity contribution in [2.75, 3.05) is 19.0 Å². The Kier molecular flexibility index (Phi) is 5.08. The number of nitrogens with zero attached hydrogens (tertiary/aromatic N) is 3. The summed E-state index contributed by atoms with van der Waals surface area (Å²) in [5, 5.41) is 7.61. The monoisotopic (exact) mass is 314 g/mol. The van der Waals surface area contributed by atoms with Crippen molar-refractivity contribution in [3.05, 3.63) is 46.8 Å². The van der Waals surface area contributed by atoms with E-state index in [2.05, 4.69) is 17.3 Å². The number of aryl methyl sites for hydroxylation is 2. The quantitative estimate of drug-likeness (QED) is 0.923. The summed E-state index contributed by atoms with van der Waals surface area (Å²) < 4.78 is 1.87. The fraction of sp³-hybridized carbons (Fsp3) is 0.444. The molecule has 0 aliphatic carbocycles. The van der Waals surface area contributed by atoms with Crippen molar-refractivity contribution in [1.82, 2.24) is 15.1 Å². The van der Waals surface area contributed by atoms with Gasteiger partial charge in [0.15, 0.2) is 0 Å². The van der Waals surface area contributed by atoms with Gasteiger partial charge in [0.05, 0.1) is 11.7 Å². The molecular weight excluding hydrogens is 288 g/mol. The van der Waals surface area contributed by atoms with E-state index < -0.39 is 0 Å². The third kappa shape index (κ3) is 3.55. The molecule has 0 saturated heterocycles. The van der Waals surface area contributed by atoms with Crippen LogP contribution >= 0.6 is 0 Å². The fourth-order valence-corrected chi connectivity index (χ4v) is 2.84. The van der Waals surface area contributed by atoms with E-state index in [0.29, 0.717) is 5.56 Å². The molecule has 0 bridgehead atoms. The highest BCUT2D eigenvalue weighted by atomic mass is 16.1. The Morgan fingerprint density at radius 3 is 2.57 bits per heavy atom. The fourth-order valence-electron chi connectivity index (χ4n) is 2.84. The molecule has 0 fully saturated rings. The molecule has 2 rings (SSSR count).